The zero-order chi connectivity index (χ0) is 13.3. The highest BCUT2D eigenvalue weighted by Gasteiger charge is 2.34. The molecule has 2 atom stereocenters. The summed E-state index contributed by atoms with van der Waals surface area (Å²) >= 11 is 0. The number of sulfonamides is 1. The Labute approximate surface area is 108 Å². The maximum Gasteiger partial charge on any atom is 0.244 e. The Bertz CT molecular complexity index is 503. The molecule has 2 unspecified atom stereocenters. The van der Waals surface area contributed by atoms with Crippen LogP contribution in [0.2, 0.25) is 0 Å². The van der Waals surface area contributed by atoms with Crippen LogP contribution in [0.15, 0.2) is 23.2 Å². The average molecular weight is 269 g/mol. The van der Waals surface area contributed by atoms with Gasteiger partial charge < -0.3 is 5.73 Å². The summed E-state index contributed by atoms with van der Waals surface area (Å²) in [4.78, 5) is 4.29. The van der Waals surface area contributed by atoms with Gasteiger partial charge >= 0.3 is 0 Å². The Morgan fingerprint density at radius 1 is 1.33 bits per heavy atom. The topological polar surface area (TPSA) is 76.3 Å². The molecule has 0 spiro atoms. The molecule has 18 heavy (non-hydrogen) atoms. The lowest BCUT2D eigenvalue weighted by atomic mass is 10.0. The van der Waals surface area contributed by atoms with Gasteiger partial charge in [-0.25, -0.2) is 8.42 Å². The number of hydrogen-bond donors (Lipinski definition) is 1. The molecule has 0 bridgehead atoms. The highest BCUT2D eigenvalue weighted by Crippen LogP contribution is 2.27. The Hall–Kier alpha value is -0.980. The highest BCUT2D eigenvalue weighted by atomic mass is 32.2. The molecule has 1 aromatic rings. The second-order valence-electron chi connectivity index (χ2n) is 4.97. The third-order valence-corrected chi connectivity index (χ3v) is 5.41. The van der Waals surface area contributed by atoms with E-state index in [0.29, 0.717) is 37.2 Å². The van der Waals surface area contributed by atoms with Crippen LogP contribution in [-0.4, -0.2) is 30.8 Å². The van der Waals surface area contributed by atoms with Gasteiger partial charge in [0.05, 0.1) is 5.69 Å². The Kier molecular flexibility index (Phi) is 3.70. The van der Waals surface area contributed by atoms with Gasteiger partial charge in [0.25, 0.3) is 0 Å². The first-order chi connectivity index (χ1) is 8.45. The van der Waals surface area contributed by atoms with E-state index in [2.05, 4.69) is 18.8 Å². The van der Waals surface area contributed by atoms with Crippen LogP contribution in [0.3, 0.4) is 0 Å². The first-order valence-electron chi connectivity index (χ1n) is 6.10. The minimum Gasteiger partial charge on any atom is -0.325 e. The molecule has 0 amide bonds. The quantitative estimate of drug-likeness (QED) is 0.881. The molecule has 1 aromatic heterocycles. The van der Waals surface area contributed by atoms with Crippen LogP contribution in [0.4, 0.5) is 0 Å². The summed E-state index contributed by atoms with van der Waals surface area (Å²) in [7, 11) is -3.40. The van der Waals surface area contributed by atoms with Gasteiger partial charge in [-0.15, -0.1) is 0 Å². The third-order valence-electron chi connectivity index (χ3n) is 3.60. The van der Waals surface area contributed by atoms with E-state index in [0.717, 1.165) is 0 Å². The molecule has 5 nitrogen and oxygen atoms in total. The summed E-state index contributed by atoms with van der Waals surface area (Å²) in [6, 6.07) is 3.24. The van der Waals surface area contributed by atoms with Crippen LogP contribution in [0.25, 0.3) is 0 Å². The SMILES string of the molecule is CC1CN(S(=O)(=O)c2ccc(CN)nc2)CC1C. The number of pyridine rings is 1. The van der Waals surface area contributed by atoms with E-state index in [9.17, 15) is 8.42 Å². The molecule has 1 saturated heterocycles. The molecule has 1 aliphatic heterocycles. The fraction of sp³-hybridized carbons (Fsp3) is 0.583. The van der Waals surface area contributed by atoms with Crippen molar-refractivity contribution >= 4 is 10.0 Å². The molecule has 0 saturated carbocycles. The predicted octanol–water partition coefficient (Wildman–Crippen LogP) is 0.817. The fourth-order valence-corrected chi connectivity index (χ4v) is 3.69. The Morgan fingerprint density at radius 2 is 1.94 bits per heavy atom. The smallest absolute Gasteiger partial charge is 0.244 e. The number of nitrogens with two attached hydrogens (primary N) is 1. The molecule has 2 rings (SSSR count). The molecule has 0 aromatic carbocycles. The lowest BCUT2D eigenvalue weighted by molar-refractivity contribution is 0.463. The van der Waals surface area contributed by atoms with Crippen molar-refractivity contribution in [3.05, 3.63) is 24.0 Å². The van der Waals surface area contributed by atoms with Crippen LogP contribution in [-0.2, 0) is 16.6 Å². The molecular formula is C12H19N3O2S. The summed E-state index contributed by atoms with van der Waals surface area (Å²) < 4.78 is 26.3. The standard InChI is InChI=1S/C12H19N3O2S/c1-9-7-15(8-10(9)2)18(16,17)12-4-3-11(5-13)14-6-12/h3-4,6,9-10H,5,7-8,13H2,1-2H3. The number of nitrogens with zero attached hydrogens (tertiary/aromatic N) is 2. The maximum atomic E-state index is 12.4. The van der Waals surface area contributed by atoms with Crippen LogP contribution < -0.4 is 5.73 Å². The molecule has 0 aliphatic carbocycles. The van der Waals surface area contributed by atoms with Gasteiger partial charge in [0.2, 0.25) is 10.0 Å². The van der Waals surface area contributed by atoms with E-state index >= 15 is 0 Å². The Morgan fingerprint density at radius 3 is 2.39 bits per heavy atom. The zero-order valence-corrected chi connectivity index (χ0v) is 11.5. The van der Waals surface area contributed by atoms with Gasteiger partial charge in [-0.1, -0.05) is 13.8 Å². The largest absolute Gasteiger partial charge is 0.325 e. The zero-order valence-electron chi connectivity index (χ0n) is 10.7. The lowest BCUT2D eigenvalue weighted by Gasteiger charge is -2.16. The van der Waals surface area contributed by atoms with Crippen molar-refractivity contribution in [1.29, 1.82) is 0 Å². The van der Waals surface area contributed by atoms with E-state index < -0.39 is 10.0 Å². The van der Waals surface area contributed by atoms with Crippen molar-refractivity contribution < 1.29 is 8.42 Å². The van der Waals surface area contributed by atoms with E-state index in [1.54, 1.807) is 16.4 Å². The van der Waals surface area contributed by atoms with Gasteiger partial charge in [0.1, 0.15) is 4.90 Å². The van der Waals surface area contributed by atoms with Crippen LogP contribution in [0.1, 0.15) is 19.5 Å². The monoisotopic (exact) mass is 269 g/mol. The van der Waals surface area contributed by atoms with E-state index in [1.165, 1.54) is 6.20 Å². The molecule has 1 aliphatic rings. The normalized spacial score (nSPS) is 25.5. The minimum absolute atomic E-state index is 0.251. The van der Waals surface area contributed by atoms with Crippen LogP contribution >= 0.6 is 0 Å². The molecule has 6 heteroatoms. The first-order valence-corrected chi connectivity index (χ1v) is 7.54. The molecular weight excluding hydrogens is 250 g/mol. The van der Waals surface area contributed by atoms with Gasteiger partial charge in [0.15, 0.2) is 0 Å². The lowest BCUT2D eigenvalue weighted by Crippen LogP contribution is -2.29. The van der Waals surface area contributed by atoms with Crippen molar-refractivity contribution in [2.45, 2.75) is 25.3 Å². The summed E-state index contributed by atoms with van der Waals surface area (Å²) in [5.41, 5.74) is 6.14. The maximum absolute atomic E-state index is 12.4. The molecule has 2 N–H and O–H groups in total. The number of aromatic nitrogens is 1. The van der Waals surface area contributed by atoms with Crippen LogP contribution in [0, 0.1) is 11.8 Å². The van der Waals surface area contributed by atoms with Crippen molar-refractivity contribution in [1.82, 2.24) is 9.29 Å². The van der Waals surface area contributed by atoms with Crippen molar-refractivity contribution in [2.75, 3.05) is 13.1 Å². The van der Waals surface area contributed by atoms with E-state index in [-0.39, 0.29) is 4.90 Å². The van der Waals surface area contributed by atoms with Crippen molar-refractivity contribution in [2.24, 2.45) is 17.6 Å². The molecule has 1 fully saturated rings. The summed E-state index contributed by atoms with van der Waals surface area (Å²) in [6.45, 7) is 5.65. The molecule has 0 radical (unpaired) electrons. The third kappa shape index (κ3) is 2.41. The number of rotatable bonds is 3. The van der Waals surface area contributed by atoms with Gasteiger partial charge in [-0.2, -0.15) is 4.31 Å². The second kappa shape index (κ2) is 4.95. The van der Waals surface area contributed by atoms with Gasteiger partial charge in [0, 0.05) is 25.8 Å². The van der Waals surface area contributed by atoms with E-state index in [1.807, 2.05) is 0 Å². The van der Waals surface area contributed by atoms with Crippen molar-refractivity contribution in [3.63, 3.8) is 0 Å². The van der Waals surface area contributed by atoms with Gasteiger partial charge in [-0.05, 0) is 24.0 Å². The summed E-state index contributed by atoms with van der Waals surface area (Å²) in [5.74, 6) is 0.798. The van der Waals surface area contributed by atoms with E-state index in [4.69, 9.17) is 5.73 Å². The average Bonchev–Trinajstić information content (AvgIpc) is 2.70. The number of hydrogen-bond acceptors (Lipinski definition) is 4. The molecule has 100 valence electrons. The fourth-order valence-electron chi connectivity index (χ4n) is 2.11. The summed E-state index contributed by atoms with van der Waals surface area (Å²) in [5, 5.41) is 0. The molecule has 2 heterocycles. The van der Waals surface area contributed by atoms with Crippen LogP contribution in [0.5, 0.6) is 0 Å². The Balaban J connectivity index is 2.25. The minimum atomic E-state index is -3.40. The predicted molar refractivity (Wildman–Crippen MR) is 69.2 cm³/mol. The van der Waals surface area contributed by atoms with Gasteiger partial charge in [-0.3, -0.25) is 4.98 Å². The highest BCUT2D eigenvalue weighted by molar-refractivity contribution is 7.89. The second-order valence-corrected chi connectivity index (χ2v) is 6.90. The first kappa shape index (κ1) is 13.5. The summed E-state index contributed by atoms with van der Waals surface area (Å²) in [6.07, 6.45) is 1.39. The van der Waals surface area contributed by atoms with Crippen molar-refractivity contribution in [3.8, 4) is 0 Å².